The van der Waals surface area contributed by atoms with Crippen LogP contribution in [0.2, 0.25) is 10.0 Å². The molecule has 0 unspecified atom stereocenters. The molecule has 2 saturated heterocycles. The molecule has 2 aromatic heterocycles. The number of rotatable bonds is 15. The number of nitrogens with one attached hydrogen (secondary N) is 4. The molecule has 2 aliphatic heterocycles. The second-order valence-corrected chi connectivity index (χ2v) is 25.1. The number of anilines is 9. The molecule has 70 heavy (non-hydrogen) atoms. The van der Waals surface area contributed by atoms with Gasteiger partial charge in [0.05, 0.1) is 34.4 Å². The number of aromatic nitrogens is 4. The normalized spacial score (nSPS) is 15.0. The average Bonchev–Trinajstić information content (AvgIpc) is 3.31. The molecule has 2 fully saturated rings. The van der Waals surface area contributed by atoms with Gasteiger partial charge in [-0.15, -0.1) is 0 Å². The van der Waals surface area contributed by atoms with Gasteiger partial charge in [0.1, 0.15) is 42.3 Å². The van der Waals surface area contributed by atoms with Crippen LogP contribution in [0.15, 0.2) is 97.3 Å². The van der Waals surface area contributed by atoms with Crippen molar-refractivity contribution >= 4 is 106 Å². The van der Waals surface area contributed by atoms with E-state index in [1.807, 2.05) is 55.6 Å². The standard InChI is InChI=1S/C24H28ClN6O4P.C24H30ClN6O2P/c1-30-12-10-17(11-13-30)35-21-9-8-16(14-20(21)31(32)33)27-24-26-15-18(25)23(29-24)28-19-6-4-5-7-22(19)36(2,3)34;1-31-12-10-17(11-13-31)33-21-9-8-16(14-19(21)26)28-24-27-15-18(25)23(30-24)29-20-6-4-5-7-22(20)34(2,3)32/h4-9,14-15,17H,10-13H2,1-3H3,(H2,26,27,28,29);4-9,14-15,17H,10-13,26H2,1-3H3,(H2,27,28,29,30). The van der Waals surface area contributed by atoms with Crippen molar-refractivity contribution in [2.24, 2.45) is 0 Å². The van der Waals surface area contributed by atoms with Crippen molar-refractivity contribution in [3.63, 3.8) is 0 Å². The van der Waals surface area contributed by atoms with Gasteiger partial charge in [-0.25, -0.2) is 9.97 Å². The van der Waals surface area contributed by atoms with Gasteiger partial charge in [-0.2, -0.15) is 9.97 Å². The molecule has 4 aromatic carbocycles. The van der Waals surface area contributed by atoms with Crippen molar-refractivity contribution in [3.8, 4) is 11.5 Å². The van der Waals surface area contributed by atoms with Crippen molar-refractivity contribution in [3.05, 3.63) is 117 Å². The number of halogens is 2. The summed E-state index contributed by atoms with van der Waals surface area (Å²) in [5, 5.41) is 26.2. The zero-order valence-electron chi connectivity index (χ0n) is 39.9. The number of nitrogen functional groups attached to an aromatic ring is 1. The molecule has 18 nitrogen and oxygen atoms in total. The van der Waals surface area contributed by atoms with Crippen LogP contribution in [0.4, 0.5) is 57.7 Å². The minimum atomic E-state index is -2.55. The third-order valence-electron chi connectivity index (χ3n) is 11.6. The summed E-state index contributed by atoms with van der Waals surface area (Å²) < 4.78 is 37.4. The van der Waals surface area contributed by atoms with Gasteiger partial charge < -0.3 is 55.4 Å². The number of nitrogens with zero attached hydrogens (tertiary/aromatic N) is 7. The zero-order valence-corrected chi connectivity index (χ0v) is 43.2. The molecule has 370 valence electrons. The highest BCUT2D eigenvalue weighted by Crippen LogP contribution is 2.40. The van der Waals surface area contributed by atoms with E-state index in [4.69, 9.17) is 38.4 Å². The van der Waals surface area contributed by atoms with E-state index < -0.39 is 19.2 Å². The molecule has 6 N–H and O–H groups in total. The van der Waals surface area contributed by atoms with Crippen LogP contribution in [0.1, 0.15) is 25.7 Å². The van der Waals surface area contributed by atoms with Crippen LogP contribution in [0.5, 0.6) is 11.5 Å². The lowest BCUT2D eigenvalue weighted by Crippen LogP contribution is -2.35. The van der Waals surface area contributed by atoms with E-state index in [0.29, 0.717) is 56.4 Å². The molecule has 2 aliphatic rings. The summed E-state index contributed by atoms with van der Waals surface area (Å²) in [6.07, 6.45) is 6.66. The van der Waals surface area contributed by atoms with Crippen LogP contribution in [-0.2, 0) is 9.13 Å². The summed E-state index contributed by atoms with van der Waals surface area (Å²) in [5.41, 5.74) is 9.15. The summed E-state index contributed by atoms with van der Waals surface area (Å²) in [7, 11) is -0.882. The largest absolute Gasteiger partial charge is 0.488 e. The van der Waals surface area contributed by atoms with Gasteiger partial charge in [-0.05, 0) is 121 Å². The van der Waals surface area contributed by atoms with Gasteiger partial charge >= 0.3 is 5.69 Å². The molecule has 0 spiro atoms. The molecule has 0 aliphatic carbocycles. The number of para-hydroxylation sites is 2. The maximum atomic E-state index is 12.7. The quantitative estimate of drug-likeness (QED) is 0.0279. The maximum absolute atomic E-state index is 12.7. The Morgan fingerprint density at radius 3 is 1.49 bits per heavy atom. The van der Waals surface area contributed by atoms with Gasteiger partial charge in [-0.3, -0.25) is 10.1 Å². The van der Waals surface area contributed by atoms with Crippen molar-refractivity contribution in [1.82, 2.24) is 29.7 Å². The van der Waals surface area contributed by atoms with Crippen molar-refractivity contribution in [1.29, 1.82) is 0 Å². The maximum Gasteiger partial charge on any atom is 0.313 e. The fraction of sp³-hybridized carbons (Fsp3) is 0.333. The van der Waals surface area contributed by atoms with Crippen LogP contribution in [0.3, 0.4) is 0 Å². The molecule has 0 atom stereocenters. The molecule has 0 radical (unpaired) electrons. The number of hydrogen-bond donors (Lipinski definition) is 5. The SMILES string of the molecule is CN1CCC(Oc2ccc(Nc3ncc(Cl)c(Nc4ccccc4P(C)(C)=O)n3)cc2N)CC1.CN1CCC(Oc2ccc(Nc3ncc(Cl)c(Nc4ccccc4P(C)(C)=O)n3)cc2[N+](=O)[O-])CC1. The molecule has 4 heterocycles. The van der Waals surface area contributed by atoms with Crippen LogP contribution in [-0.4, -0.2) is 114 Å². The third kappa shape index (κ3) is 14.1. The number of piperidine rings is 2. The van der Waals surface area contributed by atoms with Crippen molar-refractivity contribution in [2.75, 3.05) is 93.9 Å². The monoisotopic (exact) mass is 1030 g/mol. The Kier molecular flexibility index (Phi) is 16.9. The molecule has 8 rings (SSSR count). The Balaban J connectivity index is 0.000000207. The van der Waals surface area contributed by atoms with Gasteiger partial charge in [-0.1, -0.05) is 47.5 Å². The second kappa shape index (κ2) is 22.8. The summed E-state index contributed by atoms with van der Waals surface area (Å²) >= 11 is 12.7. The highest BCUT2D eigenvalue weighted by Gasteiger charge is 2.25. The lowest BCUT2D eigenvalue weighted by atomic mass is 10.1. The Morgan fingerprint density at radius 1 is 0.643 bits per heavy atom. The molecule has 0 saturated carbocycles. The van der Waals surface area contributed by atoms with Gasteiger partial charge in [0.25, 0.3) is 0 Å². The average molecular weight is 1030 g/mol. The van der Waals surface area contributed by atoms with E-state index >= 15 is 0 Å². The first-order valence-corrected chi connectivity index (χ1v) is 28.6. The summed E-state index contributed by atoms with van der Waals surface area (Å²) in [6, 6.07) is 24.9. The molecule has 22 heteroatoms. The van der Waals surface area contributed by atoms with Gasteiger partial charge in [0.2, 0.25) is 11.9 Å². The summed E-state index contributed by atoms with van der Waals surface area (Å²) in [5.74, 6) is 2.18. The summed E-state index contributed by atoms with van der Waals surface area (Å²) in [6.45, 7) is 10.7. The van der Waals surface area contributed by atoms with Crippen LogP contribution in [0.25, 0.3) is 0 Å². The highest BCUT2D eigenvalue weighted by molar-refractivity contribution is 7.70. The van der Waals surface area contributed by atoms with E-state index in [2.05, 4.69) is 58.1 Å². The molecule has 0 bridgehead atoms. The Morgan fingerprint density at radius 2 is 1.06 bits per heavy atom. The minimum Gasteiger partial charge on any atom is -0.488 e. The fourth-order valence-electron chi connectivity index (χ4n) is 7.78. The molecular formula is C48H58Cl2N12O6P2. The molecule has 0 amide bonds. The van der Waals surface area contributed by atoms with Crippen molar-refractivity contribution in [2.45, 2.75) is 37.9 Å². The number of likely N-dealkylation sites (tertiary alicyclic amines) is 2. The minimum absolute atomic E-state index is 0.0589. The number of benzene rings is 4. The molecular weight excluding hydrogens is 973 g/mol. The van der Waals surface area contributed by atoms with E-state index in [-0.39, 0.29) is 34.6 Å². The first kappa shape index (κ1) is 51.8. The van der Waals surface area contributed by atoms with E-state index in [9.17, 15) is 19.2 Å². The van der Waals surface area contributed by atoms with Crippen LogP contribution >= 0.6 is 37.5 Å². The van der Waals surface area contributed by atoms with E-state index in [0.717, 1.165) is 62.9 Å². The fourth-order valence-corrected chi connectivity index (χ4v) is 10.4. The predicted octanol–water partition coefficient (Wildman–Crippen LogP) is 10.2. The lowest BCUT2D eigenvalue weighted by Gasteiger charge is -2.29. The molecule has 6 aromatic rings. The van der Waals surface area contributed by atoms with E-state index in [1.54, 1.807) is 57.0 Å². The Bertz CT molecular complexity index is 2910. The third-order valence-corrected chi connectivity index (χ3v) is 15.2. The Hall–Kier alpha value is -6.00. The smallest absolute Gasteiger partial charge is 0.313 e. The first-order valence-electron chi connectivity index (χ1n) is 22.6. The second-order valence-electron chi connectivity index (χ2n) is 17.9. The number of nitro groups is 1. The number of hydrogen-bond acceptors (Lipinski definition) is 17. The Labute approximate surface area is 418 Å². The number of ether oxygens (including phenoxy) is 2. The lowest BCUT2D eigenvalue weighted by molar-refractivity contribution is -0.386. The number of nitro benzene ring substituents is 1. The zero-order chi connectivity index (χ0) is 50.2. The van der Waals surface area contributed by atoms with Gasteiger partial charge in [0.15, 0.2) is 17.4 Å². The van der Waals surface area contributed by atoms with Crippen LogP contribution in [0, 0.1) is 10.1 Å². The van der Waals surface area contributed by atoms with Crippen molar-refractivity contribution < 1.29 is 23.5 Å². The number of nitrogens with two attached hydrogens (primary N) is 1. The first-order chi connectivity index (χ1) is 33.3. The summed E-state index contributed by atoms with van der Waals surface area (Å²) in [4.78, 5) is 33.2. The van der Waals surface area contributed by atoms with E-state index in [1.165, 1.54) is 18.5 Å². The van der Waals surface area contributed by atoms with Crippen LogP contribution < -0.4 is 47.1 Å². The highest BCUT2D eigenvalue weighted by atomic mass is 35.5. The van der Waals surface area contributed by atoms with Gasteiger partial charge in [0, 0.05) is 54.2 Å². The topological polar surface area (TPSA) is 228 Å². The predicted molar refractivity (Wildman–Crippen MR) is 285 cm³/mol.